The zero-order valence-electron chi connectivity index (χ0n) is 19.3. The number of anilines is 1. The zero-order chi connectivity index (χ0) is 25.1. The Labute approximate surface area is 207 Å². The first-order valence-corrected chi connectivity index (χ1v) is 11.6. The normalized spacial score (nSPS) is 19.6. The molecule has 9 heteroatoms. The van der Waals surface area contributed by atoms with Gasteiger partial charge in [-0.15, -0.1) is 0 Å². The molecule has 1 aliphatic carbocycles. The molecule has 5 rings (SSSR count). The van der Waals surface area contributed by atoms with Gasteiger partial charge in [-0.2, -0.15) is 0 Å². The Morgan fingerprint density at radius 3 is 2.22 bits per heavy atom. The third kappa shape index (κ3) is 4.73. The molecule has 3 aromatic carbocycles. The Hall–Kier alpha value is -4.37. The second kappa shape index (κ2) is 10.1. The molecule has 0 bridgehead atoms. The molecular formula is C27H25N3O6. The van der Waals surface area contributed by atoms with Gasteiger partial charge in [0.15, 0.2) is 0 Å². The van der Waals surface area contributed by atoms with Crippen LogP contribution in [0, 0.1) is 0 Å². The van der Waals surface area contributed by atoms with Crippen molar-refractivity contribution in [3.63, 3.8) is 0 Å². The van der Waals surface area contributed by atoms with Gasteiger partial charge in [0.25, 0.3) is 0 Å². The Balaban J connectivity index is 1.37. The summed E-state index contributed by atoms with van der Waals surface area (Å²) in [5, 5.41) is 15.0. The van der Waals surface area contributed by atoms with E-state index in [1.807, 2.05) is 36.4 Å². The Bertz CT molecular complexity index is 1270. The molecule has 1 heterocycles. The van der Waals surface area contributed by atoms with E-state index in [0.29, 0.717) is 11.3 Å². The van der Waals surface area contributed by atoms with Gasteiger partial charge in [0.1, 0.15) is 19.3 Å². The van der Waals surface area contributed by atoms with Crippen LogP contribution in [-0.4, -0.2) is 34.3 Å². The van der Waals surface area contributed by atoms with Crippen molar-refractivity contribution in [2.45, 2.75) is 37.7 Å². The minimum Gasteiger partial charge on any atom is -0.443 e. The van der Waals surface area contributed by atoms with Crippen LogP contribution in [0.25, 0.3) is 0 Å². The number of amides is 3. The smallest absolute Gasteiger partial charge is 0.429 e. The van der Waals surface area contributed by atoms with Crippen LogP contribution in [0.1, 0.15) is 40.7 Å². The fourth-order valence-corrected chi connectivity index (χ4v) is 4.65. The molecule has 3 aromatic rings. The molecule has 0 saturated carbocycles. The molecule has 9 nitrogen and oxygen atoms in total. The van der Waals surface area contributed by atoms with Crippen molar-refractivity contribution in [3.8, 4) is 0 Å². The summed E-state index contributed by atoms with van der Waals surface area (Å²) < 4.78 is 10.7. The van der Waals surface area contributed by atoms with Crippen molar-refractivity contribution >= 4 is 23.8 Å². The van der Waals surface area contributed by atoms with Crippen LogP contribution in [0.2, 0.25) is 0 Å². The van der Waals surface area contributed by atoms with Gasteiger partial charge in [-0.25, -0.2) is 20.0 Å². The topological polar surface area (TPSA) is 117 Å². The lowest BCUT2D eigenvalue weighted by Gasteiger charge is -2.38. The molecular weight excluding hydrogens is 462 g/mol. The summed E-state index contributed by atoms with van der Waals surface area (Å²) >= 11 is 0. The maximum atomic E-state index is 13.2. The summed E-state index contributed by atoms with van der Waals surface area (Å²) in [6, 6.07) is 22.4. The van der Waals surface area contributed by atoms with E-state index in [4.69, 9.17) is 9.47 Å². The van der Waals surface area contributed by atoms with Gasteiger partial charge in [-0.3, -0.25) is 4.79 Å². The number of aliphatic hydroxyl groups excluding tert-OH is 1. The lowest BCUT2D eigenvalue weighted by atomic mass is 9.79. The van der Waals surface area contributed by atoms with E-state index in [1.165, 1.54) is 0 Å². The van der Waals surface area contributed by atoms with E-state index in [9.17, 15) is 19.5 Å². The van der Waals surface area contributed by atoms with Crippen molar-refractivity contribution in [2.24, 2.45) is 0 Å². The molecule has 0 unspecified atom stereocenters. The molecule has 0 spiro atoms. The maximum Gasteiger partial charge on any atom is 0.429 e. The second-order valence-electron chi connectivity index (χ2n) is 8.68. The highest BCUT2D eigenvalue weighted by Crippen LogP contribution is 2.47. The van der Waals surface area contributed by atoms with E-state index in [0.717, 1.165) is 21.7 Å². The largest absolute Gasteiger partial charge is 0.443 e. The molecule has 0 aromatic heterocycles. The van der Waals surface area contributed by atoms with E-state index in [-0.39, 0.29) is 25.5 Å². The Kier molecular flexibility index (Phi) is 6.55. The van der Waals surface area contributed by atoms with Gasteiger partial charge in [-0.05, 0) is 34.7 Å². The standard InChI is InChI=1S/C27H25N3O6/c31-24-19-12-7-13-21-23(19)20(25(32)28-21)14-22(24)30(27(34)36-16-18-10-5-2-6-11-18)29-26(33)35-15-17-8-3-1-4-9-17/h1-13,20,22,24,31H,14-16H2,(H,28,32)(H,29,33)/t20-,22+,24-/m1/s1. The van der Waals surface area contributed by atoms with Gasteiger partial charge in [0.2, 0.25) is 5.91 Å². The summed E-state index contributed by atoms with van der Waals surface area (Å²) in [5.41, 5.74) is 5.85. The van der Waals surface area contributed by atoms with Gasteiger partial charge in [0, 0.05) is 5.69 Å². The first kappa shape index (κ1) is 23.4. The zero-order valence-corrected chi connectivity index (χ0v) is 19.3. The van der Waals surface area contributed by atoms with Crippen molar-refractivity contribution in [3.05, 3.63) is 101 Å². The van der Waals surface area contributed by atoms with Crippen LogP contribution >= 0.6 is 0 Å². The molecule has 1 aliphatic heterocycles. The van der Waals surface area contributed by atoms with Gasteiger partial charge in [-0.1, -0.05) is 72.8 Å². The van der Waals surface area contributed by atoms with Crippen LogP contribution in [0.5, 0.6) is 0 Å². The number of carbonyl (C=O) groups excluding carboxylic acids is 3. The minimum atomic E-state index is -1.16. The third-order valence-electron chi connectivity index (χ3n) is 6.38. The summed E-state index contributed by atoms with van der Waals surface area (Å²) in [6.07, 6.45) is -2.84. The predicted molar refractivity (Wildman–Crippen MR) is 129 cm³/mol. The van der Waals surface area contributed by atoms with E-state index < -0.39 is 30.3 Å². The van der Waals surface area contributed by atoms with E-state index in [1.54, 1.807) is 42.5 Å². The minimum absolute atomic E-state index is 0.00990. The predicted octanol–water partition coefficient (Wildman–Crippen LogP) is 4.01. The summed E-state index contributed by atoms with van der Waals surface area (Å²) in [4.78, 5) is 38.5. The molecule has 0 radical (unpaired) electrons. The first-order chi connectivity index (χ1) is 17.5. The first-order valence-electron chi connectivity index (χ1n) is 11.6. The molecule has 3 amide bonds. The number of rotatable bonds is 5. The number of carbonyl (C=O) groups is 3. The molecule has 2 aliphatic rings. The van der Waals surface area contributed by atoms with Crippen molar-refractivity contribution in [1.29, 1.82) is 0 Å². The lowest BCUT2D eigenvalue weighted by Crippen LogP contribution is -2.55. The number of benzene rings is 3. The molecule has 184 valence electrons. The molecule has 0 fully saturated rings. The maximum absolute atomic E-state index is 13.2. The molecule has 0 saturated heterocycles. The quantitative estimate of drug-likeness (QED) is 0.468. The van der Waals surface area contributed by atoms with E-state index >= 15 is 0 Å². The monoisotopic (exact) mass is 487 g/mol. The number of aliphatic hydroxyl groups is 1. The number of hydrogen-bond acceptors (Lipinski definition) is 6. The fourth-order valence-electron chi connectivity index (χ4n) is 4.65. The average Bonchev–Trinajstić information content (AvgIpc) is 3.23. The Morgan fingerprint density at radius 1 is 0.917 bits per heavy atom. The van der Waals surface area contributed by atoms with Gasteiger partial charge < -0.3 is 19.9 Å². The number of nitrogens with one attached hydrogen (secondary N) is 2. The lowest BCUT2D eigenvalue weighted by molar-refractivity contribution is -0.118. The molecule has 36 heavy (non-hydrogen) atoms. The van der Waals surface area contributed by atoms with Crippen molar-refractivity contribution in [1.82, 2.24) is 10.4 Å². The van der Waals surface area contributed by atoms with E-state index in [2.05, 4.69) is 10.7 Å². The van der Waals surface area contributed by atoms with Gasteiger partial charge >= 0.3 is 12.2 Å². The molecule has 3 atom stereocenters. The van der Waals surface area contributed by atoms with Gasteiger partial charge in [0.05, 0.1) is 12.0 Å². The van der Waals surface area contributed by atoms with Crippen LogP contribution < -0.4 is 10.7 Å². The van der Waals surface area contributed by atoms with Crippen LogP contribution in [0.4, 0.5) is 15.3 Å². The van der Waals surface area contributed by atoms with Crippen molar-refractivity contribution < 1.29 is 29.0 Å². The summed E-state index contributed by atoms with van der Waals surface area (Å²) in [5.74, 6) is -0.797. The summed E-state index contributed by atoms with van der Waals surface area (Å²) in [6.45, 7) is -0.0472. The SMILES string of the molecule is O=C(NN(C(=O)OCc1ccccc1)[C@H]1C[C@H]2C(=O)Nc3cccc(c32)[C@H]1O)OCc1ccccc1. The third-order valence-corrected chi connectivity index (χ3v) is 6.38. The highest BCUT2D eigenvalue weighted by atomic mass is 16.6. The number of hydrazine groups is 1. The Morgan fingerprint density at radius 2 is 1.56 bits per heavy atom. The van der Waals surface area contributed by atoms with Crippen LogP contribution in [0.15, 0.2) is 78.9 Å². The van der Waals surface area contributed by atoms with Crippen LogP contribution in [-0.2, 0) is 27.5 Å². The molecule has 3 N–H and O–H groups in total. The fraction of sp³-hybridized carbons (Fsp3) is 0.222. The average molecular weight is 488 g/mol. The number of ether oxygens (including phenoxy) is 2. The number of nitrogens with zero attached hydrogens (tertiary/aromatic N) is 1. The highest BCUT2D eigenvalue weighted by molar-refractivity contribution is 6.03. The highest BCUT2D eigenvalue weighted by Gasteiger charge is 2.46. The number of hydrogen-bond donors (Lipinski definition) is 3. The summed E-state index contributed by atoms with van der Waals surface area (Å²) in [7, 11) is 0. The second-order valence-corrected chi connectivity index (χ2v) is 8.68. The van der Waals surface area contributed by atoms with Crippen LogP contribution in [0.3, 0.4) is 0 Å². The van der Waals surface area contributed by atoms with Crippen molar-refractivity contribution in [2.75, 3.05) is 5.32 Å².